The molecule has 1 aromatic carbocycles. The second-order valence-electron chi connectivity index (χ2n) is 8.84. The standard InChI is InChI=1S/C24H25N7O3/c1-15-19(24(2,3)4)28-31(17-13-9-10-14-25-17)20(15)27-26-18-21(32)29(5)23(34)30(22(18)33)16-11-7-6-8-12-16/h6-14,32H,1-5H3. The van der Waals surface area contributed by atoms with Crippen LogP contribution in [-0.2, 0) is 12.5 Å². The Morgan fingerprint density at radius 1 is 0.971 bits per heavy atom. The second-order valence-corrected chi connectivity index (χ2v) is 8.84. The number of hydrogen-bond donors (Lipinski definition) is 1. The molecule has 4 aromatic rings. The minimum absolute atomic E-state index is 0.285. The topological polar surface area (TPSA) is 120 Å². The fraction of sp³-hybridized carbons (Fsp3) is 0.250. The molecule has 0 atom stereocenters. The third-order valence-corrected chi connectivity index (χ3v) is 5.34. The highest BCUT2D eigenvalue weighted by Gasteiger charge is 2.26. The molecule has 0 aliphatic carbocycles. The van der Waals surface area contributed by atoms with E-state index in [0.717, 1.165) is 20.4 Å². The Balaban J connectivity index is 1.94. The Bertz CT molecular complexity index is 1490. The molecule has 0 spiro atoms. The summed E-state index contributed by atoms with van der Waals surface area (Å²) in [5.41, 5.74) is -0.225. The number of hydrogen-bond acceptors (Lipinski definition) is 7. The largest absolute Gasteiger partial charge is 0.493 e. The van der Waals surface area contributed by atoms with Crippen LogP contribution in [0.15, 0.2) is 74.5 Å². The van der Waals surface area contributed by atoms with Gasteiger partial charge in [0.05, 0.1) is 11.4 Å². The van der Waals surface area contributed by atoms with E-state index in [1.807, 2.05) is 33.8 Å². The average Bonchev–Trinajstić information content (AvgIpc) is 3.16. The van der Waals surface area contributed by atoms with E-state index < -0.39 is 17.1 Å². The summed E-state index contributed by atoms with van der Waals surface area (Å²) in [7, 11) is 1.36. The van der Waals surface area contributed by atoms with E-state index in [2.05, 4.69) is 15.2 Å². The summed E-state index contributed by atoms with van der Waals surface area (Å²) < 4.78 is 3.44. The lowest BCUT2D eigenvalue weighted by atomic mass is 9.90. The molecule has 10 heteroatoms. The van der Waals surface area contributed by atoms with E-state index in [1.54, 1.807) is 53.3 Å². The summed E-state index contributed by atoms with van der Waals surface area (Å²) >= 11 is 0. The molecule has 0 saturated carbocycles. The van der Waals surface area contributed by atoms with Crippen LogP contribution in [0.1, 0.15) is 32.0 Å². The lowest BCUT2D eigenvalue weighted by Gasteiger charge is -2.15. The van der Waals surface area contributed by atoms with Crippen LogP contribution in [0.25, 0.3) is 11.5 Å². The average molecular weight is 460 g/mol. The first-order valence-corrected chi connectivity index (χ1v) is 10.6. The fourth-order valence-electron chi connectivity index (χ4n) is 3.63. The van der Waals surface area contributed by atoms with Gasteiger partial charge in [-0.15, -0.1) is 10.2 Å². The first-order chi connectivity index (χ1) is 16.1. The van der Waals surface area contributed by atoms with Crippen LogP contribution >= 0.6 is 0 Å². The van der Waals surface area contributed by atoms with Gasteiger partial charge < -0.3 is 5.11 Å². The highest BCUT2D eigenvalue weighted by atomic mass is 16.3. The summed E-state index contributed by atoms with van der Waals surface area (Å²) in [6, 6.07) is 13.8. The predicted molar refractivity (Wildman–Crippen MR) is 128 cm³/mol. The molecule has 0 radical (unpaired) electrons. The van der Waals surface area contributed by atoms with E-state index in [1.165, 1.54) is 7.05 Å². The minimum Gasteiger partial charge on any atom is -0.493 e. The summed E-state index contributed by atoms with van der Waals surface area (Å²) in [6.45, 7) is 7.96. The maximum atomic E-state index is 13.2. The maximum absolute atomic E-state index is 13.2. The van der Waals surface area contributed by atoms with Gasteiger partial charge in [0.15, 0.2) is 11.6 Å². The lowest BCUT2D eigenvalue weighted by Crippen LogP contribution is -2.37. The Kier molecular flexibility index (Phi) is 5.74. The molecule has 0 aliphatic heterocycles. The van der Waals surface area contributed by atoms with Crippen molar-refractivity contribution in [2.45, 2.75) is 33.1 Å². The van der Waals surface area contributed by atoms with Crippen molar-refractivity contribution in [2.75, 3.05) is 0 Å². The highest BCUT2D eigenvalue weighted by molar-refractivity contribution is 5.51. The Morgan fingerprint density at radius 3 is 2.26 bits per heavy atom. The van der Waals surface area contributed by atoms with Crippen molar-refractivity contribution < 1.29 is 5.11 Å². The van der Waals surface area contributed by atoms with Crippen LogP contribution in [0.4, 0.5) is 11.5 Å². The third kappa shape index (κ3) is 3.94. The number of benzene rings is 1. The number of aromatic nitrogens is 5. The molecule has 1 N–H and O–H groups in total. The molecule has 0 amide bonds. The summed E-state index contributed by atoms with van der Waals surface area (Å²) in [6.07, 6.45) is 1.64. The third-order valence-electron chi connectivity index (χ3n) is 5.34. The van der Waals surface area contributed by atoms with Crippen LogP contribution in [0.3, 0.4) is 0 Å². The van der Waals surface area contributed by atoms with E-state index in [9.17, 15) is 14.7 Å². The zero-order valence-corrected chi connectivity index (χ0v) is 19.6. The molecule has 0 unspecified atom stereocenters. The quantitative estimate of drug-likeness (QED) is 0.465. The fourth-order valence-corrected chi connectivity index (χ4v) is 3.63. The zero-order chi connectivity index (χ0) is 24.6. The number of aromatic hydroxyl groups is 1. The smallest absolute Gasteiger partial charge is 0.338 e. The van der Waals surface area contributed by atoms with E-state index in [4.69, 9.17) is 5.10 Å². The molecule has 174 valence electrons. The van der Waals surface area contributed by atoms with Gasteiger partial charge in [0.2, 0.25) is 11.6 Å². The Hall–Kier alpha value is -4.34. The van der Waals surface area contributed by atoms with Crippen LogP contribution in [-0.4, -0.2) is 29.0 Å². The summed E-state index contributed by atoms with van der Waals surface area (Å²) in [5, 5.41) is 23.7. The highest BCUT2D eigenvalue weighted by Crippen LogP contribution is 2.34. The van der Waals surface area contributed by atoms with Gasteiger partial charge in [-0.1, -0.05) is 45.0 Å². The van der Waals surface area contributed by atoms with E-state index in [-0.39, 0.29) is 11.1 Å². The molecule has 34 heavy (non-hydrogen) atoms. The zero-order valence-electron chi connectivity index (χ0n) is 19.6. The maximum Gasteiger partial charge on any atom is 0.338 e. The number of rotatable bonds is 4. The van der Waals surface area contributed by atoms with Crippen LogP contribution in [0, 0.1) is 6.92 Å². The molecule has 0 fully saturated rings. The molecule has 3 aromatic heterocycles. The van der Waals surface area contributed by atoms with Crippen LogP contribution < -0.4 is 11.2 Å². The van der Waals surface area contributed by atoms with Crippen LogP contribution in [0.2, 0.25) is 0 Å². The molecular formula is C24H25N7O3. The molecule has 3 heterocycles. The van der Waals surface area contributed by atoms with Gasteiger partial charge >= 0.3 is 5.69 Å². The van der Waals surface area contributed by atoms with Crippen molar-refractivity contribution in [2.24, 2.45) is 17.3 Å². The summed E-state index contributed by atoms with van der Waals surface area (Å²) in [4.78, 5) is 30.3. The van der Waals surface area contributed by atoms with E-state index in [0.29, 0.717) is 17.3 Å². The second kappa shape index (κ2) is 8.54. The molecular weight excluding hydrogens is 434 g/mol. The summed E-state index contributed by atoms with van der Waals surface area (Å²) in [5.74, 6) is 0.312. The van der Waals surface area contributed by atoms with Gasteiger partial charge in [-0.3, -0.25) is 9.36 Å². The van der Waals surface area contributed by atoms with Crippen molar-refractivity contribution >= 4 is 11.5 Å². The van der Waals surface area contributed by atoms with Gasteiger partial charge in [0.25, 0.3) is 5.56 Å². The normalized spacial score (nSPS) is 11.9. The molecule has 0 saturated heterocycles. The van der Waals surface area contributed by atoms with Gasteiger partial charge in [-0.25, -0.2) is 14.3 Å². The van der Waals surface area contributed by atoms with Gasteiger partial charge in [0, 0.05) is 24.2 Å². The van der Waals surface area contributed by atoms with E-state index >= 15 is 0 Å². The van der Waals surface area contributed by atoms with Crippen molar-refractivity contribution in [3.63, 3.8) is 0 Å². The minimum atomic E-state index is -0.784. The van der Waals surface area contributed by atoms with Gasteiger partial charge in [-0.05, 0) is 31.2 Å². The Morgan fingerprint density at radius 2 is 1.65 bits per heavy atom. The number of azo groups is 1. The SMILES string of the molecule is Cc1c(C(C)(C)C)nn(-c2ccccn2)c1N=Nc1c(O)n(C)c(=O)n(-c2ccccc2)c1=O. The van der Waals surface area contributed by atoms with Crippen molar-refractivity contribution in [1.29, 1.82) is 0 Å². The van der Waals surface area contributed by atoms with Gasteiger partial charge in [0.1, 0.15) is 0 Å². The van der Waals surface area contributed by atoms with Gasteiger partial charge in [-0.2, -0.15) is 9.78 Å². The van der Waals surface area contributed by atoms with Crippen LogP contribution in [0.5, 0.6) is 5.88 Å². The first-order valence-electron chi connectivity index (χ1n) is 10.6. The first kappa shape index (κ1) is 22.8. The molecule has 0 aliphatic rings. The predicted octanol–water partition coefficient (Wildman–Crippen LogP) is 3.84. The van der Waals surface area contributed by atoms with Crippen molar-refractivity contribution in [1.82, 2.24) is 23.9 Å². The lowest BCUT2D eigenvalue weighted by molar-refractivity contribution is 0.416. The van der Waals surface area contributed by atoms with Crippen molar-refractivity contribution in [3.8, 4) is 17.4 Å². The number of nitrogens with zero attached hydrogens (tertiary/aromatic N) is 7. The molecule has 0 bridgehead atoms. The number of para-hydroxylation sites is 1. The monoisotopic (exact) mass is 459 g/mol. The molecule has 4 rings (SSSR count). The number of pyridine rings is 1. The van der Waals surface area contributed by atoms with Crippen molar-refractivity contribution in [3.05, 3.63) is 86.8 Å². The Labute approximate surface area is 195 Å². The molecule has 10 nitrogen and oxygen atoms in total.